The first kappa shape index (κ1) is 19.6. The van der Waals surface area contributed by atoms with E-state index in [1.807, 2.05) is 43.4 Å². The summed E-state index contributed by atoms with van der Waals surface area (Å²) in [6.07, 6.45) is 0.0726. The molecular formula is C20H20N4O3S. The number of hydrogen-bond donors (Lipinski definition) is 2. The highest BCUT2D eigenvalue weighted by Gasteiger charge is 2.14. The lowest BCUT2D eigenvalue weighted by molar-refractivity contribution is -0.119. The van der Waals surface area contributed by atoms with Crippen molar-refractivity contribution < 1.29 is 9.59 Å². The van der Waals surface area contributed by atoms with Gasteiger partial charge in [-0.2, -0.15) is 0 Å². The average Bonchev–Trinajstić information content (AvgIpc) is 2.64. The predicted molar refractivity (Wildman–Crippen MR) is 110 cm³/mol. The third-order valence-corrected chi connectivity index (χ3v) is 5.26. The average molecular weight is 396 g/mol. The van der Waals surface area contributed by atoms with Crippen molar-refractivity contribution in [3.8, 4) is 5.69 Å². The Hall–Kier alpha value is -3.13. The van der Waals surface area contributed by atoms with Gasteiger partial charge in [0.15, 0.2) is 5.16 Å². The van der Waals surface area contributed by atoms with Crippen LogP contribution in [0.4, 0.5) is 4.79 Å². The Kier molecular flexibility index (Phi) is 5.79. The van der Waals surface area contributed by atoms with Crippen molar-refractivity contribution in [2.24, 2.45) is 5.73 Å². The third-order valence-electron chi connectivity index (χ3n) is 4.32. The molecule has 3 rings (SSSR count). The first-order chi connectivity index (χ1) is 13.4. The number of nitrogens with one attached hydrogen (secondary N) is 1. The topological polar surface area (TPSA) is 107 Å². The normalized spacial score (nSPS) is 10.8. The molecule has 8 heteroatoms. The van der Waals surface area contributed by atoms with E-state index in [1.54, 1.807) is 22.8 Å². The van der Waals surface area contributed by atoms with E-state index in [0.717, 1.165) is 16.8 Å². The maximum absolute atomic E-state index is 13.2. The molecule has 144 valence electrons. The van der Waals surface area contributed by atoms with Gasteiger partial charge >= 0.3 is 6.03 Å². The van der Waals surface area contributed by atoms with Crippen LogP contribution in [-0.4, -0.2) is 27.2 Å². The number of thioether (sulfide) groups is 1. The maximum atomic E-state index is 13.2. The summed E-state index contributed by atoms with van der Waals surface area (Å²) in [6.45, 7) is 3.99. The molecule has 3 amide bonds. The van der Waals surface area contributed by atoms with Crippen LogP contribution in [0.2, 0.25) is 0 Å². The number of rotatable bonds is 5. The zero-order valence-corrected chi connectivity index (χ0v) is 16.4. The van der Waals surface area contributed by atoms with Gasteiger partial charge < -0.3 is 5.73 Å². The summed E-state index contributed by atoms with van der Waals surface area (Å²) in [7, 11) is 0. The molecule has 7 nitrogen and oxygen atoms in total. The molecule has 0 saturated heterocycles. The van der Waals surface area contributed by atoms with Gasteiger partial charge in [0, 0.05) is 12.2 Å². The number of nitrogens with two attached hydrogens (primary N) is 1. The maximum Gasteiger partial charge on any atom is 0.318 e. The molecule has 0 unspecified atom stereocenters. The van der Waals surface area contributed by atoms with E-state index < -0.39 is 11.9 Å². The minimum Gasteiger partial charge on any atom is -0.351 e. The molecule has 0 radical (unpaired) electrons. The fourth-order valence-corrected chi connectivity index (χ4v) is 3.69. The molecule has 0 aliphatic heterocycles. The van der Waals surface area contributed by atoms with Crippen molar-refractivity contribution in [2.45, 2.75) is 25.4 Å². The predicted octanol–water partition coefficient (Wildman–Crippen LogP) is 2.68. The monoisotopic (exact) mass is 396 g/mol. The van der Waals surface area contributed by atoms with Gasteiger partial charge in [0.2, 0.25) is 5.91 Å². The molecule has 0 aliphatic rings. The van der Waals surface area contributed by atoms with Gasteiger partial charge in [-0.3, -0.25) is 19.5 Å². The zero-order valence-electron chi connectivity index (χ0n) is 15.6. The minimum absolute atomic E-state index is 0.0726. The highest BCUT2D eigenvalue weighted by atomic mass is 32.2. The smallest absolute Gasteiger partial charge is 0.318 e. The van der Waals surface area contributed by atoms with E-state index >= 15 is 0 Å². The molecular weight excluding hydrogens is 376 g/mol. The van der Waals surface area contributed by atoms with E-state index in [9.17, 15) is 14.4 Å². The van der Waals surface area contributed by atoms with Gasteiger partial charge in [-0.25, -0.2) is 9.78 Å². The largest absolute Gasteiger partial charge is 0.351 e. The van der Waals surface area contributed by atoms with Crippen LogP contribution in [-0.2, 0) is 4.79 Å². The second kappa shape index (κ2) is 8.26. The standard InChI is InChI=1S/C20H20N4O3S/c1-12-7-8-14(11-13(12)2)24-18(26)15-5-3-4-6-16(15)22-20(24)28-10-9-17(25)23-19(21)27/h3-8,11H,9-10H2,1-2H3,(H3,21,23,25,27). The Morgan fingerprint density at radius 1 is 1.14 bits per heavy atom. The van der Waals surface area contributed by atoms with E-state index in [1.165, 1.54) is 11.8 Å². The van der Waals surface area contributed by atoms with Gasteiger partial charge in [-0.05, 0) is 49.2 Å². The Bertz CT molecular complexity index is 1120. The van der Waals surface area contributed by atoms with Crippen molar-refractivity contribution >= 4 is 34.6 Å². The summed E-state index contributed by atoms with van der Waals surface area (Å²) >= 11 is 1.28. The van der Waals surface area contributed by atoms with Crippen molar-refractivity contribution in [2.75, 3.05) is 5.75 Å². The molecule has 28 heavy (non-hydrogen) atoms. The number of urea groups is 1. The highest BCUT2D eigenvalue weighted by Crippen LogP contribution is 2.23. The van der Waals surface area contributed by atoms with Crippen LogP contribution in [0.5, 0.6) is 0 Å². The van der Waals surface area contributed by atoms with Crippen LogP contribution in [0.15, 0.2) is 52.4 Å². The van der Waals surface area contributed by atoms with Gasteiger partial charge in [0.25, 0.3) is 5.56 Å². The second-order valence-electron chi connectivity index (χ2n) is 6.33. The SMILES string of the molecule is Cc1ccc(-n2c(SCCC(=O)NC(N)=O)nc3ccccc3c2=O)cc1C. The van der Waals surface area contributed by atoms with Crippen LogP contribution in [0.1, 0.15) is 17.5 Å². The molecule has 0 spiro atoms. The lowest BCUT2D eigenvalue weighted by Gasteiger charge is -2.14. The van der Waals surface area contributed by atoms with Crippen molar-refractivity contribution in [1.29, 1.82) is 0 Å². The van der Waals surface area contributed by atoms with Gasteiger partial charge in [0.05, 0.1) is 16.6 Å². The number of para-hydroxylation sites is 1. The number of carbonyl (C=O) groups is 2. The number of imide groups is 1. The van der Waals surface area contributed by atoms with Crippen LogP contribution < -0.4 is 16.6 Å². The zero-order chi connectivity index (χ0) is 20.3. The van der Waals surface area contributed by atoms with E-state index in [0.29, 0.717) is 21.8 Å². The molecule has 3 aromatic rings. The number of carbonyl (C=O) groups excluding carboxylic acids is 2. The van der Waals surface area contributed by atoms with Gasteiger partial charge in [0.1, 0.15) is 0 Å². The summed E-state index contributed by atoms with van der Waals surface area (Å²) in [5.41, 5.74) is 8.28. The number of benzene rings is 2. The number of hydrogen-bond acceptors (Lipinski definition) is 5. The molecule has 0 bridgehead atoms. The number of nitrogens with zero attached hydrogens (tertiary/aromatic N) is 2. The summed E-state index contributed by atoms with van der Waals surface area (Å²) in [5.74, 6) is -0.129. The third kappa shape index (κ3) is 4.23. The first-order valence-electron chi connectivity index (χ1n) is 8.68. The Labute approximate surface area is 166 Å². The summed E-state index contributed by atoms with van der Waals surface area (Å²) in [6, 6.07) is 12.1. The Morgan fingerprint density at radius 2 is 1.89 bits per heavy atom. The number of amides is 3. The lowest BCUT2D eigenvalue weighted by atomic mass is 10.1. The molecule has 3 N–H and O–H groups in total. The lowest BCUT2D eigenvalue weighted by Crippen LogP contribution is -2.35. The minimum atomic E-state index is -0.883. The van der Waals surface area contributed by atoms with Crippen LogP contribution in [0, 0.1) is 13.8 Å². The summed E-state index contributed by atoms with van der Waals surface area (Å²) in [4.78, 5) is 40.2. The molecule has 1 heterocycles. The molecule has 0 aliphatic carbocycles. The van der Waals surface area contributed by atoms with Crippen LogP contribution >= 0.6 is 11.8 Å². The first-order valence-corrected chi connectivity index (χ1v) is 9.67. The van der Waals surface area contributed by atoms with E-state index in [-0.39, 0.29) is 12.0 Å². The number of fused-ring (bicyclic) bond motifs is 1. The number of aryl methyl sites for hydroxylation is 2. The van der Waals surface area contributed by atoms with Crippen molar-refractivity contribution in [3.05, 3.63) is 63.9 Å². The second-order valence-corrected chi connectivity index (χ2v) is 7.39. The van der Waals surface area contributed by atoms with Gasteiger partial charge in [-0.1, -0.05) is 30.0 Å². The van der Waals surface area contributed by atoms with Crippen LogP contribution in [0.3, 0.4) is 0 Å². The van der Waals surface area contributed by atoms with Crippen molar-refractivity contribution in [3.63, 3.8) is 0 Å². The molecule has 0 atom stereocenters. The number of primary amides is 1. The van der Waals surface area contributed by atoms with E-state index in [2.05, 4.69) is 4.98 Å². The van der Waals surface area contributed by atoms with Crippen molar-refractivity contribution in [1.82, 2.24) is 14.9 Å². The summed E-state index contributed by atoms with van der Waals surface area (Å²) < 4.78 is 1.56. The van der Waals surface area contributed by atoms with Gasteiger partial charge in [-0.15, -0.1) is 0 Å². The molecule has 1 aromatic heterocycles. The number of aromatic nitrogens is 2. The van der Waals surface area contributed by atoms with Crippen LogP contribution in [0.25, 0.3) is 16.6 Å². The Morgan fingerprint density at radius 3 is 2.61 bits per heavy atom. The molecule has 0 saturated carbocycles. The molecule has 2 aromatic carbocycles. The fourth-order valence-electron chi connectivity index (χ4n) is 2.74. The fraction of sp³-hybridized carbons (Fsp3) is 0.200. The Balaban J connectivity index is 2.02. The molecule has 0 fully saturated rings. The highest BCUT2D eigenvalue weighted by molar-refractivity contribution is 7.99. The quantitative estimate of drug-likeness (QED) is 0.509. The summed E-state index contributed by atoms with van der Waals surface area (Å²) in [5, 5.41) is 3.04. The van der Waals surface area contributed by atoms with E-state index in [4.69, 9.17) is 5.73 Å².